The summed E-state index contributed by atoms with van der Waals surface area (Å²) < 4.78 is 1.99. The molecule has 1 aliphatic carbocycles. The molecule has 1 amide bonds. The van der Waals surface area contributed by atoms with Crippen molar-refractivity contribution in [3.8, 4) is 5.69 Å². The first-order chi connectivity index (χ1) is 14.0. The summed E-state index contributed by atoms with van der Waals surface area (Å²) in [5.41, 5.74) is 2.19. The van der Waals surface area contributed by atoms with Crippen molar-refractivity contribution in [2.45, 2.75) is 30.8 Å². The predicted molar refractivity (Wildman–Crippen MR) is 114 cm³/mol. The summed E-state index contributed by atoms with van der Waals surface area (Å²) in [6, 6.07) is 14.4. The Balaban J connectivity index is 1.59. The number of nitrogens with one attached hydrogen (secondary N) is 1. The summed E-state index contributed by atoms with van der Waals surface area (Å²) >= 11 is 7.25. The second-order valence-electron chi connectivity index (χ2n) is 6.90. The summed E-state index contributed by atoms with van der Waals surface area (Å²) in [5, 5.41) is 12.8. The van der Waals surface area contributed by atoms with Crippen molar-refractivity contribution in [1.29, 1.82) is 0 Å². The molecule has 1 heterocycles. The molecule has 4 rings (SSSR count). The predicted octanol–water partition coefficient (Wildman–Crippen LogP) is 4.73. The van der Waals surface area contributed by atoms with Gasteiger partial charge in [-0.1, -0.05) is 29.4 Å². The molecule has 1 fully saturated rings. The first-order valence-corrected chi connectivity index (χ1v) is 10.6. The fourth-order valence-corrected chi connectivity index (χ4v) is 3.98. The zero-order valence-electron chi connectivity index (χ0n) is 15.8. The molecule has 3 aromatic rings. The highest BCUT2D eigenvalue weighted by molar-refractivity contribution is 7.99. The Morgan fingerprint density at radius 2 is 1.93 bits per heavy atom. The molecule has 0 atom stereocenters. The van der Waals surface area contributed by atoms with Gasteiger partial charge in [-0.3, -0.25) is 14.2 Å². The molecule has 0 saturated heterocycles. The average Bonchev–Trinajstić information content (AvgIpc) is 3.45. The number of ketones is 1. The van der Waals surface area contributed by atoms with Gasteiger partial charge in [0.05, 0.1) is 11.4 Å². The van der Waals surface area contributed by atoms with Gasteiger partial charge < -0.3 is 5.32 Å². The lowest BCUT2D eigenvalue weighted by atomic mass is 10.1. The maximum atomic E-state index is 12.5. The van der Waals surface area contributed by atoms with Gasteiger partial charge in [-0.25, -0.2) is 0 Å². The average molecular weight is 427 g/mol. The van der Waals surface area contributed by atoms with Crippen molar-refractivity contribution in [2.24, 2.45) is 0 Å². The Kier molecular flexibility index (Phi) is 5.69. The summed E-state index contributed by atoms with van der Waals surface area (Å²) in [6.07, 6.45) is 2.16. The number of hydrogen-bond acceptors (Lipinski definition) is 5. The van der Waals surface area contributed by atoms with Gasteiger partial charge in [-0.15, -0.1) is 10.2 Å². The van der Waals surface area contributed by atoms with Crippen LogP contribution in [0.3, 0.4) is 0 Å². The van der Waals surface area contributed by atoms with Crippen LogP contribution in [0, 0.1) is 0 Å². The number of thioether (sulfide) groups is 1. The number of carbonyl (C=O) groups excluding carboxylic acids is 2. The fourth-order valence-electron chi connectivity index (χ4n) is 3.00. The van der Waals surface area contributed by atoms with E-state index < -0.39 is 0 Å². The van der Waals surface area contributed by atoms with Crippen molar-refractivity contribution in [2.75, 3.05) is 11.1 Å². The fraction of sp³-hybridized carbons (Fsp3) is 0.238. The van der Waals surface area contributed by atoms with Crippen LogP contribution in [0.25, 0.3) is 5.69 Å². The first-order valence-electron chi connectivity index (χ1n) is 9.26. The lowest BCUT2D eigenvalue weighted by Crippen LogP contribution is -2.08. The molecule has 29 heavy (non-hydrogen) atoms. The van der Waals surface area contributed by atoms with Crippen molar-refractivity contribution in [3.05, 3.63) is 64.9 Å². The molecule has 148 valence electrons. The van der Waals surface area contributed by atoms with Crippen LogP contribution in [0.4, 0.5) is 5.69 Å². The molecule has 0 bridgehead atoms. The number of Topliss-reactive ketones (excluding diaryl/α,β-unsaturated/α-hetero) is 1. The minimum Gasteiger partial charge on any atom is -0.326 e. The Hall–Kier alpha value is -2.64. The molecule has 1 saturated carbocycles. The third-order valence-electron chi connectivity index (χ3n) is 4.52. The van der Waals surface area contributed by atoms with Crippen molar-refractivity contribution >= 4 is 40.7 Å². The van der Waals surface area contributed by atoms with Crippen LogP contribution in [0.5, 0.6) is 0 Å². The maximum Gasteiger partial charge on any atom is 0.221 e. The van der Waals surface area contributed by atoms with Crippen LogP contribution in [0.15, 0.2) is 53.7 Å². The smallest absolute Gasteiger partial charge is 0.221 e. The monoisotopic (exact) mass is 426 g/mol. The summed E-state index contributed by atoms with van der Waals surface area (Å²) in [4.78, 5) is 23.9. The van der Waals surface area contributed by atoms with E-state index in [-0.39, 0.29) is 17.4 Å². The highest BCUT2D eigenvalue weighted by Crippen LogP contribution is 2.41. The van der Waals surface area contributed by atoms with Gasteiger partial charge in [-0.05, 0) is 55.3 Å². The van der Waals surface area contributed by atoms with Crippen molar-refractivity contribution in [1.82, 2.24) is 14.8 Å². The van der Waals surface area contributed by atoms with E-state index in [0.29, 0.717) is 27.3 Å². The number of anilines is 1. The van der Waals surface area contributed by atoms with Crippen LogP contribution in [0.2, 0.25) is 5.02 Å². The van der Waals surface area contributed by atoms with Crippen molar-refractivity contribution in [3.63, 3.8) is 0 Å². The Bertz CT molecular complexity index is 1060. The molecule has 0 unspecified atom stereocenters. The summed E-state index contributed by atoms with van der Waals surface area (Å²) in [6.45, 7) is 1.48. The number of aromatic nitrogens is 3. The molecular formula is C21H19ClN4O2S. The SMILES string of the molecule is CC(=O)Nc1cccc(-n2c(SCC(=O)c3ccc(Cl)cc3)nnc2C2CC2)c1. The number of rotatable bonds is 7. The number of amides is 1. The maximum absolute atomic E-state index is 12.5. The van der Waals surface area contributed by atoms with Crippen molar-refractivity contribution < 1.29 is 9.59 Å². The van der Waals surface area contributed by atoms with Gasteiger partial charge in [0, 0.05) is 29.1 Å². The van der Waals surface area contributed by atoms with Crippen LogP contribution >= 0.6 is 23.4 Å². The highest BCUT2D eigenvalue weighted by atomic mass is 35.5. The topological polar surface area (TPSA) is 76.9 Å². The number of carbonyl (C=O) groups is 2. The highest BCUT2D eigenvalue weighted by Gasteiger charge is 2.31. The van der Waals surface area contributed by atoms with Crippen LogP contribution < -0.4 is 5.32 Å². The molecule has 8 heteroatoms. The van der Waals surface area contributed by atoms with E-state index in [4.69, 9.17) is 11.6 Å². The standard InChI is InChI=1S/C21H19ClN4O2S/c1-13(27)23-17-3-2-4-18(11-17)26-20(15-5-6-15)24-25-21(26)29-12-19(28)14-7-9-16(22)10-8-14/h2-4,7-11,15H,5-6,12H2,1H3,(H,23,27). The lowest BCUT2D eigenvalue weighted by Gasteiger charge is -2.11. The third-order valence-corrected chi connectivity index (χ3v) is 5.71. The molecule has 1 N–H and O–H groups in total. The minimum atomic E-state index is -0.128. The lowest BCUT2D eigenvalue weighted by molar-refractivity contribution is -0.114. The van der Waals surface area contributed by atoms with E-state index in [1.807, 2.05) is 28.8 Å². The molecule has 6 nitrogen and oxygen atoms in total. The largest absolute Gasteiger partial charge is 0.326 e. The van der Waals surface area contributed by atoms with Crippen LogP contribution in [0.1, 0.15) is 41.9 Å². The molecule has 1 aromatic heterocycles. The third kappa shape index (κ3) is 4.68. The van der Waals surface area contributed by atoms with E-state index in [9.17, 15) is 9.59 Å². The zero-order valence-corrected chi connectivity index (χ0v) is 17.3. The molecule has 0 spiro atoms. The Morgan fingerprint density at radius 1 is 1.17 bits per heavy atom. The van der Waals surface area contributed by atoms with Gasteiger partial charge in [0.25, 0.3) is 0 Å². The van der Waals surface area contributed by atoms with Crippen LogP contribution in [-0.4, -0.2) is 32.2 Å². The molecule has 1 aliphatic rings. The normalized spacial score (nSPS) is 13.3. The van der Waals surface area contributed by atoms with Gasteiger partial charge in [0.2, 0.25) is 5.91 Å². The summed E-state index contributed by atoms with van der Waals surface area (Å²) in [7, 11) is 0. The van der Waals surface area contributed by atoms with E-state index in [0.717, 1.165) is 24.4 Å². The Labute approximate surface area is 177 Å². The van der Waals surface area contributed by atoms with E-state index in [1.165, 1.54) is 18.7 Å². The minimum absolute atomic E-state index is 0.00110. The second kappa shape index (κ2) is 8.39. The Morgan fingerprint density at radius 3 is 2.62 bits per heavy atom. The van der Waals surface area contributed by atoms with Gasteiger partial charge >= 0.3 is 0 Å². The summed E-state index contributed by atoms with van der Waals surface area (Å²) in [5.74, 6) is 1.40. The van der Waals surface area contributed by atoms with E-state index in [1.54, 1.807) is 24.3 Å². The number of hydrogen-bond donors (Lipinski definition) is 1. The second-order valence-corrected chi connectivity index (χ2v) is 8.28. The van der Waals surface area contributed by atoms with E-state index >= 15 is 0 Å². The van der Waals surface area contributed by atoms with Gasteiger partial charge in [0.15, 0.2) is 10.9 Å². The quantitative estimate of drug-likeness (QED) is 0.436. The van der Waals surface area contributed by atoms with E-state index in [2.05, 4.69) is 15.5 Å². The zero-order chi connectivity index (χ0) is 20.4. The van der Waals surface area contributed by atoms with Crippen LogP contribution in [-0.2, 0) is 4.79 Å². The van der Waals surface area contributed by atoms with Gasteiger partial charge in [0.1, 0.15) is 5.82 Å². The molecule has 2 aromatic carbocycles. The van der Waals surface area contributed by atoms with Gasteiger partial charge in [-0.2, -0.15) is 0 Å². The first kappa shape index (κ1) is 19.7. The number of nitrogens with zero attached hydrogens (tertiary/aromatic N) is 3. The number of halogens is 1. The molecular weight excluding hydrogens is 408 g/mol. The number of benzene rings is 2. The molecule has 0 radical (unpaired) electrons. The molecule has 0 aliphatic heterocycles.